The highest BCUT2D eigenvalue weighted by atomic mass is 32.2. The summed E-state index contributed by atoms with van der Waals surface area (Å²) in [6, 6.07) is 6.33. The predicted molar refractivity (Wildman–Crippen MR) is 83.3 cm³/mol. The Hall–Kier alpha value is -0.950. The van der Waals surface area contributed by atoms with E-state index in [2.05, 4.69) is 6.92 Å². The van der Waals surface area contributed by atoms with Gasteiger partial charge in [-0.05, 0) is 63.1 Å². The second-order valence-electron chi connectivity index (χ2n) is 5.75. The Morgan fingerprint density at radius 3 is 2.64 bits per heavy atom. The van der Waals surface area contributed by atoms with Crippen LogP contribution in [0.3, 0.4) is 0 Å². The first-order chi connectivity index (χ1) is 10.4. The van der Waals surface area contributed by atoms with E-state index < -0.39 is 10.1 Å². The average molecular weight is 328 g/mol. The summed E-state index contributed by atoms with van der Waals surface area (Å²) >= 11 is 0. The van der Waals surface area contributed by atoms with E-state index in [1.54, 1.807) is 12.1 Å². The average Bonchev–Trinajstić information content (AvgIpc) is 2.48. The highest BCUT2D eigenvalue weighted by molar-refractivity contribution is 7.85. The quantitative estimate of drug-likeness (QED) is 0.778. The monoisotopic (exact) mass is 328 g/mol. The molecule has 6 heteroatoms. The van der Waals surface area contributed by atoms with Gasteiger partial charge in [-0.25, -0.2) is 0 Å². The fraction of sp³-hybridized carbons (Fsp3) is 0.625. The smallest absolute Gasteiger partial charge is 0.294 e. The van der Waals surface area contributed by atoms with Crippen molar-refractivity contribution in [2.24, 2.45) is 0 Å². The summed E-state index contributed by atoms with van der Waals surface area (Å²) in [6.45, 7) is 2.84. The molecule has 0 bridgehead atoms. The van der Waals surface area contributed by atoms with E-state index in [9.17, 15) is 8.42 Å². The molecule has 0 radical (unpaired) electrons. The predicted octanol–water partition coefficient (Wildman–Crippen LogP) is 3.19. The van der Waals surface area contributed by atoms with Crippen LogP contribution in [-0.4, -0.2) is 32.0 Å². The molecule has 1 aliphatic heterocycles. The van der Waals surface area contributed by atoms with Crippen molar-refractivity contribution in [3.63, 3.8) is 0 Å². The molecule has 1 unspecified atom stereocenters. The van der Waals surface area contributed by atoms with E-state index in [0.717, 1.165) is 50.7 Å². The first-order valence-electron chi connectivity index (χ1n) is 7.78. The first-order valence-corrected chi connectivity index (χ1v) is 9.22. The van der Waals surface area contributed by atoms with E-state index >= 15 is 0 Å². The van der Waals surface area contributed by atoms with Crippen molar-refractivity contribution >= 4 is 10.1 Å². The van der Waals surface area contributed by atoms with E-state index in [-0.39, 0.29) is 17.3 Å². The molecule has 2 rings (SSSR count). The minimum absolute atomic E-state index is 0.0576. The zero-order chi connectivity index (χ0) is 16.0. The second-order valence-corrected chi connectivity index (χ2v) is 7.18. The van der Waals surface area contributed by atoms with Gasteiger partial charge < -0.3 is 9.47 Å². The van der Waals surface area contributed by atoms with E-state index in [0.29, 0.717) is 0 Å². The van der Waals surface area contributed by atoms with Crippen molar-refractivity contribution in [1.82, 2.24) is 0 Å². The molecule has 0 spiro atoms. The maximum atomic E-state index is 11.0. The van der Waals surface area contributed by atoms with Gasteiger partial charge in [-0.15, -0.1) is 0 Å². The number of hydrogen-bond donors (Lipinski definition) is 1. The fourth-order valence-corrected chi connectivity index (χ4v) is 3.05. The Bertz CT molecular complexity index is 546. The van der Waals surface area contributed by atoms with Crippen LogP contribution in [0.5, 0.6) is 0 Å². The van der Waals surface area contributed by atoms with Crippen LogP contribution in [0.15, 0.2) is 29.2 Å². The molecule has 0 amide bonds. The van der Waals surface area contributed by atoms with Crippen molar-refractivity contribution in [3.8, 4) is 0 Å². The minimum Gasteiger partial charge on any atom is -0.353 e. The molecule has 1 aliphatic rings. The summed E-state index contributed by atoms with van der Waals surface area (Å²) in [4.78, 5) is -0.0672. The molecule has 0 aromatic heterocycles. The molecule has 0 aliphatic carbocycles. The molecule has 124 valence electrons. The van der Waals surface area contributed by atoms with Gasteiger partial charge in [-0.1, -0.05) is 12.1 Å². The van der Waals surface area contributed by atoms with Crippen molar-refractivity contribution in [1.29, 1.82) is 0 Å². The molecular weight excluding hydrogens is 304 g/mol. The number of ether oxygens (including phenoxy) is 2. The van der Waals surface area contributed by atoms with Crippen molar-refractivity contribution in [2.75, 3.05) is 6.61 Å². The summed E-state index contributed by atoms with van der Waals surface area (Å²) < 4.78 is 42.3. The molecule has 5 nitrogen and oxygen atoms in total. The van der Waals surface area contributed by atoms with Gasteiger partial charge in [0, 0.05) is 6.61 Å². The SMILES string of the molecule is C[C@@H](CCCc1ccc(S(=O)(=O)O)cc1)OC1CCCCO1. The van der Waals surface area contributed by atoms with Gasteiger partial charge in [0.05, 0.1) is 11.0 Å². The molecule has 1 aromatic rings. The van der Waals surface area contributed by atoms with Crippen molar-refractivity contribution < 1.29 is 22.4 Å². The summed E-state index contributed by atoms with van der Waals surface area (Å²) in [7, 11) is -4.10. The van der Waals surface area contributed by atoms with Crippen LogP contribution >= 0.6 is 0 Å². The van der Waals surface area contributed by atoms with Gasteiger partial charge in [0.2, 0.25) is 0 Å². The van der Waals surface area contributed by atoms with Gasteiger partial charge in [0.25, 0.3) is 10.1 Å². The van der Waals surface area contributed by atoms with Gasteiger partial charge in [0.15, 0.2) is 6.29 Å². The Morgan fingerprint density at radius 2 is 2.05 bits per heavy atom. The van der Waals surface area contributed by atoms with Crippen LogP contribution in [0.1, 0.15) is 44.6 Å². The lowest BCUT2D eigenvalue weighted by Gasteiger charge is -2.26. The lowest BCUT2D eigenvalue weighted by Crippen LogP contribution is -2.26. The molecule has 1 heterocycles. The maximum Gasteiger partial charge on any atom is 0.294 e. The molecule has 1 fully saturated rings. The normalized spacial score (nSPS) is 20.7. The highest BCUT2D eigenvalue weighted by Gasteiger charge is 2.17. The topological polar surface area (TPSA) is 72.8 Å². The standard InChI is InChI=1S/C16H24O5S/c1-13(21-16-7-2-3-12-20-16)5-4-6-14-8-10-15(11-9-14)22(17,18)19/h8-11,13,16H,2-7,12H2,1H3,(H,17,18,19)/t13-,16?/m0/s1. The van der Waals surface area contributed by atoms with Gasteiger partial charge >= 0.3 is 0 Å². The summed E-state index contributed by atoms with van der Waals surface area (Å²) in [5, 5.41) is 0. The van der Waals surface area contributed by atoms with Gasteiger partial charge in [-0.2, -0.15) is 8.42 Å². The zero-order valence-corrected chi connectivity index (χ0v) is 13.7. The summed E-state index contributed by atoms with van der Waals surface area (Å²) in [5.74, 6) is 0. The second kappa shape index (κ2) is 8.06. The zero-order valence-electron chi connectivity index (χ0n) is 12.9. The summed E-state index contributed by atoms with van der Waals surface area (Å²) in [5.41, 5.74) is 1.05. The first kappa shape index (κ1) is 17.4. The Kier molecular flexibility index (Phi) is 6.37. The molecule has 0 saturated carbocycles. The number of aryl methyl sites for hydroxylation is 1. The molecule has 1 saturated heterocycles. The van der Waals surface area contributed by atoms with Crippen molar-refractivity contribution in [2.45, 2.75) is 62.7 Å². The number of benzene rings is 1. The third kappa shape index (κ3) is 5.68. The molecule has 2 atom stereocenters. The third-order valence-electron chi connectivity index (χ3n) is 3.82. The Balaban J connectivity index is 1.71. The highest BCUT2D eigenvalue weighted by Crippen LogP contribution is 2.18. The van der Waals surface area contributed by atoms with Crippen LogP contribution < -0.4 is 0 Å². The van der Waals surface area contributed by atoms with Crippen LogP contribution in [0.4, 0.5) is 0 Å². The number of hydrogen-bond acceptors (Lipinski definition) is 4. The fourth-order valence-electron chi connectivity index (χ4n) is 2.57. The molecular formula is C16H24O5S. The van der Waals surface area contributed by atoms with E-state index in [1.807, 2.05) is 0 Å². The minimum atomic E-state index is -4.10. The van der Waals surface area contributed by atoms with Crippen LogP contribution in [0.2, 0.25) is 0 Å². The van der Waals surface area contributed by atoms with Gasteiger partial charge in [-0.3, -0.25) is 4.55 Å². The Labute approximate surface area is 132 Å². The van der Waals surface area contributed by atoms with Gasteiger partial charge in [0.1, 0.15) is 0 Å². The number of rotatable bonds is 7. The lowest BCUT2D eigenvalue weighted by atomic mass is 10.1. The summed E-state index contributed by atoms with van der Waals surface area (Å²) in [6.07, 6.45) is 6.09. The largest absolute Gasteiger partial charge is 0.353 e. The molecule has 1 N–H and O–H groups in total. The van der Waals surface area contributed by atoms with E-state index in [1.165, 1.54) is 12.1 Å². The molecule has 1 aromatic carbocycles. The van der Waals surface area contributed by atoms with Crippen LogP contribution in [0.25, 0.3) is 0 Å². The lowest BCUT2D eigenvalue weighted by molar-refractivity contribution is -0.185. The van der Waals surface area contributed by atoms with Crippen LogP contribution in [0, 0.1) is 0 Å². The van der Waals surface area contributed by atoms with Crippen LogP contribution in [-0.2, 0) is 26.0 Å². The van der Waals surface area contributed by atoms with Crippen molar-refractivity contribution in [3.05, 3.63) is 29.8 Å². The van der Waals surface area contributed by atoms with E-state index in [4.69, 9.17) is 14.0 Å². The molecule has 22 heavy (non-hydrogen) atoms. The Morgan fingerprint density at radius 1 is 1.32 bits per heavy atom. The third-order valence-corrected chi connectivity index (χ3v) is 4.69. The maximum absolute atomic E-state index is 11.0.